The third kappa shape index (κ3) is 3.55. The molecule has 2 N–H and O–H groups in total. The van der Waals surface area contributed by atoms with E-state index >= 15 is 0 Å². The minimum atomic E-state index is -0.458. The van der Waals surface area contributed by atoms with Gasteiger partial charge in [0, 0.05) is 29.9 Å². The summed E-state index contributed by atoms with van der Waals surface area (Å²) in [6.45, 7) is 1.87. The number of amides is 1. The third-order valence-corrected chi connectivity index (χ3v) is 5.07. The van der Waals surface area contributed by atoms with E-state index in [0.717, 1.165) is 11.1 Å². The summed E-state index contributed by atoms with van der Waals surface area (Å²) in [6.07, 6.45) is 6.69. The van der Waals surface area contributed by atoms with Crippen molar-refractivity contribution in [3.63, 3.8) is 0 Å². The standard InChI is InChI=1S/C23H19N7O/c1-15-19(22(31)27-18-8-5-11-25-14-18)20(16-9-12-24-13-10-16)30-23(26-15)28-21(29-30)17-6-3-2-4-7-17/h2-14,20H,1H3,(H,27,31)(H,26,28,29)/t20-/m1/s1. The SMILES string of the molecule is CC1=C(C(=O)Nc2cccnc2)[C@@H](c2ccncc2)n2nc(-c3ccccc3)nc2N1. The number of nitrogens with zero attached hydrogens (tertiary/aromatic N) is 5. The Bertz CT molecular complexity index is 1250. The van der Waals surface area contributed by atoms with Gasteiger partial charge in [-0.3, -0.25) is 14.8 Å². The molecule has 31 heavy (non-hydrogen) atoms. The topological polar surface area (TPSA) is 97.6 Å². The van der Waals surface area contributed by atoms with Crippen LogP contribution in [0.25, 0.3) is 11.4 Å². The fourth-order valence-electron chi connectivity index (χ4n) is 3.64. The molecule has 3 aromatic heterocycles. The maximum atomic E-state index is 13.3. The predicted molar refractivity (Wildman–Crippen MR) is 117 cm³/mol. The van der Waals surface area contributed by atoms with Crippen molar-refractivity contribution in [1.82, 2.24) is 24.7 Å². The van der Waals surface area contributed by atoms with E-state index in [-0.39, 0.29) is 5.91 Å². The van der Waals surface area contributed by atoms with Gasteiger partial charge in [0.25, 0.3) is 5.91 Å². The molecule has 4 heterocycles. The normalized spacial score (nSPS) is 15.2. The Kier molecular flexibility index (Phi) is 4.72. The molecule has 1 amide bonds. The number of allylic oxidation sites excluding steroid dienone is 1. The molecule has 8 heteroatoms. The van der Waals surface area contributed by atoms with Gasteiger partial charge in [-0.2, -0.15) is 4.98 Å². The summed E-state index contributed by atoms with van der Waals surface area (Å²) in [5.41, 5.74) is 3.67. The number of hydrogen-bond acceptors (Lipinski definition) is 6. The number of benzene rings is 1. The van der Waals surface area contributed by atoms with Crippen LogP contribution < -0.4 is 10.6 Å². The van der Waals surface area contributed by atoms with Crippen molar-refractivity contribution >= 4 is 17.5 Å². The van der Waals surface area contributed by atoms with Gasteiger partial charge < -0.3 is 10.6 Å². The van der Waals surface area contributed by atoms with Crippen LogP contribution in [0.3, 0.4) is 0 Å². The van der Waals surface area contributed by atoms with E-state index in [1.54, 1.807) is 41.6 Å². The first kappa shape index (κ1) is 18.7. The fourth-order valence-corrected chi connectivity index (χ4v) is 3.64. The maximum Gasteiger partial charge on any atom is 0.255 e. The predicted octanol–water partition coefficient (Wildman–Crippen LogP) is 3.66. The molecular formula is C23H19N7O. The Morgan fingerprint density at radius 2 is 1.81 bits per heavy atom. The third-order valence-electron chi connectivity index (χ3n) is 5.07. The summed E-state index contributed by atoms with van der Waals surface area (Å²) in [5.74, 6) is 0.933. The molecule has 0 bridgehead atoms. The number of nitrogens with one attached hydrogen (secondary N) is 2. The van der Waals surface area contributed by atoms with Crippen LogP contribution in [0.15, 0.2) is 90.7 Å². The Balaban J connectivity index is 1.60. The second-order valence-electron chi connectivity index (χ2n) is 7.11. The van der Waals surface area contributed by atoms with E-state index in [9.17, 15) is 4.79 Å². The van der Waals surface area contributed by atoms with Gasteiger partial charge in [0.05, 0.1) is 17.5 Å². The monoisotopic (exact) mass is 409 g/mol. The van der Waals surface area contributed by atoms with E-state index in [0.29, 0.717) is 28.7 Å². The molecule has 0 unspecified atom stereocenters. The van der Waals surface area contributed by atoms with Crippen LogP contribution in [0.4, 0.5) is 11.6 Å². The number of carbonyl (C=O) groups excluding carboxylic acids is 1. The summed E-state index contributed by atoms with van der Waals surface area (Å²) < 4.78 is 1.75. The molecule has 0 saturated heterocycles. The second-order valence-corrected chi connectivity index (χ2v) is 7.11. The van der Waals surface area contributed by atoms with Crippen molar-refractivity contribution in [3.8, 4) is 11.4 Å². The molecule has 1 aliphatic rings. The van der Waals surface area contributed by atoms with Gasteiger partial charge in [-0.05, 0) is 36.8 Å². The molecule has 0 spiro atoms. The molecule has 1 aromatic carbocycles. The lowest BCUT2D eigenvalue weighted by molar-refractivity contribution is -0.113. The highest BCUT2D eigenvalue weighted by Gasteiger charge is 2.34. The summed E-state index contributed by atoms with van der Waals surface area (Å²) in [7, 11) is 0. The average molecular weight is 409 g/mol. The van der Waals surface area contributed by atoms with Gasteiger partial charge in [0.2, 0.25) is 5.95 Å². The number of aromatic nitrogens is 5. The Hall–Kier alpha value is -4.33. The summed E-state index contributed by atoms with van der Waals surface area (Å²) >= 11 is 0. The summed E-state index contributed by atoms with van der Waals surface area (Å²) in [5, 5.41) is 10.9. The molecule has 1 atom stereocenters. The van der Waals surface area contributed by atoms with Crippen LogP contribution in [-0.2, 0) is 4.79 Å². The summed E-state index contributed by atoms with van der Waals surface area (Å²) in [6, 6.07) is 16.6. The highest BCUT2D eigenvalue weighted by molar-refractivity contribution is 6.05. The number of rotatable bonds is 4. The number of fused-ring (bicyclic) bond motifs is 1. The molecule has 0 aliphatic carbocycles. The lowest BCUT2D eigenvalue weighted by Gasteiger charge is -2.28. The molecule has 8 nitrogen and oxygen atoms in total. The van der Waals surface area contributed by atoms with Gasteiger partial charge in [-0.15, -0.1) is 5.10 Å². The highest BCUT2D eigenvalue weighted by atomic mass is 16.1. The smallest absolute Gasteiger partial charge is 0.255 e. The zero-order valence-corrected chi connectivity index (χ0v) is 16.7. The lowest BCUT2D eigenvalue weighted by Crippen LogP contribution is -2.31. The van der Waals surface area contributed by atoms with E-state index in [4.69, 9.17) is 5.10 Å². The molecule has 0 saturated carbocycles. The first-order valence-electron chi connectivity index (χ1n) is 9.82. The van der Waals surface area contributed by atoms with E-state index in [1.165, 1.54) is 0 Å². The van der Waals surface area contributed by atoms with Crippen LogP contribution in [-0.4, -0.2) is 30.6 Å². The molecule has 4 aromatic rings. The van der Waals surface area contributed by atoms with Crippen molar-refractivity contribution in [2.45, 2.75) is 13.0 Å². The van der Waals surface area contributed by atoms with Gasteiger partial charge >= 0.3 is 0 Å². The Morgan fingerprint density at radius 3 is 2.55 bits per heavy atom. The maximum absolute atomic E-state index is 13.3. The lowest BCUT2D eigenvalue weighted by atomic mass is 9.96. The number of carbonyl (C=O) groups is 1. The fraction of sp³-hybridized carbons (Fsp3) is 0.0870. The van der Waals surface area contributed by atoms with Crippen molar-refractivity contribution in [2.75, 3.05) is 10.6 Å². The van der Waals surface area contributed by atoms with Crippen LogP contribution in [0.5, 0.6) is 0 Å². The molecule has 0 radical (unpaired) electrons. The van der Waals surface area contributed by atoms with Gasteiger partial charge in [-0.1, -0.05) is 30.3 Å². The van der Waals surface area contributed by atoms with Crippen LogP contribution in [0.2, 0.25) is 0 Å². The molecule has 152 valence electrons. The number of hydrogen-bond donors (Lipinski definition) is 2. The minimum Gasteiger partial charge on any atom is -0.328 e. The van der Waals surface area contributed by atoms with E-state index in [2.05, 4.69) is 25.6 Å². The number of anilines is 2. The van der Waals surface area contributed by atoms with Crippen molar-refractivity contribution in [1.29, 1.82) is 0 Å². The quantitative estimate of drug-likeness (QED) is 0.534. The second kappa shape index (κ2) is 7.83. The Labute approximate surface area is 178 Å². The van der Waals surface area contributed by atoms with Crippen LogP contribution in [0, 0.1) is 0 Å². The van der Waals surface area contributed by atoms with Gasteiger partial charge in [0.1, 0.15) is 6.04 Å². The van der Waals surface area contributed by atoms with Crippen LogP contribution in [0.1, 0.15) is 18.5 Å². The summed E-state index contributed by atoms with van der Waals surface area (Å²) in [4.78, 5) is 26.2. The van der Waals surface area contributed by atoms with Crippen molar-refractivity contribution in [2.24, 2.45) is 0 Å². The molecule has 1 aliphatic heterocycles. The molecule has 0 fully saturated rings. The number of pyridine rings is 2. The largest absolute Gasteiger partial charge is 0.328 e. The van der Waals surface area contributed by atoms with E-state index in [1.807, 2.05) is 49.4 Å². The molecule has 5 rings (SSSR count). The van der Waals surface area contributed by atoms with Crippen molar-refractivity contribution < 1.29 is 4.79 Å². The first-order chi connectivity index (χ1) is 15.2. The first-order valence-corrected chi connectivity index (χ1v) is 9.82. The zero-order valence-electron chi connectivity index (χ0n) is 16.7. The highest BCUT2D eigenvalue weighted by Crippen LogP contribution is 2.36. The average Bonchev–Trinajstić information content (AvgIpc) is 3.23. The van der Waals surface area contributed by atoms with E-state index < -0.39 is 6.04 Å². The Morgan fingerprint density at radius 1 is 1.00 bits per heavy atom. The van der Waals surface area contributed by atoms with Crippen LogP contribution >= 0.6 is 0 Å². The van der Waals surface area contributed by atoms with Crippen molar-refractivity contribution in [3.05, 3.63) is 96.2 Å². The van der Waals surface area contributed by atoms with Gasteiger partial charge in [0.15, 0.2) is 5.82 Å². The molecular weight excluding hydrogens is 390 g/mol. The van der Waals surface area contributed by atoms with Gasteiger partial charge in [-0.25, -0.2) is 4.68 Å². The zero-order chi connectivity index (χ0) is 21.2. The minimum absolute atomic E-state index is 0.234.